The minimum Gasteiger partial charge on any atom is -1.00 e. The second-order valence-electron chi connectivity index (χ2n) is 0. The Labute approximate surface area is 75.3 Å². The van der Waals surface area contributed by atoms with Crippen LogP contribution in [0.25, 0.3) is 0 Å². The van der Waals surface area contributed by atoms with Gasteiger partial charge in [0.2, 0.25) is 0 Å². The van der Waals surface area contributed by atoms with Gasteiger partial charge in [0, 0.05) is 0 Å². The van der Waals surface area contributed by atoms with E-state index in [1.54, 1.807) is 0 Å². The summed E-state index contributed by atoms with van der Waals surface area (Å²) in [5.41, 5.74) is 0. The average molecular weight is 247 g/mol. The van der Waals surface area contributed by atoms with E-state index in [4.69, 9.17) is 0 Å². The molecule has 0 aromatic carbocycles. The predicted molar refractivity (Wildman–Crippen MR) is 16.7 cm³/mol. The molecule has 0 saturated carbocycles. The molecule has 44 valence electrons. The van der Waals surface area contributed by atoms with Gasteiger partial charge in [-0.3, -0.25) is 23.4 Å². The first-order chi connectivity index (χ1) is 2.00. The summed E-state index contributed by atoms with van der Waals surface area (Å²) in [6.45, 7) is 0. The Bertz CT molecular complexity index is 9.65. The van der Waals surface area contributed by atoms with Gasteiger partial charge in [-0.15, -0.1) is 0 Å². The molecule has 4 nitrogen and oxygen atoms in total. The van der Waals surface area contributed by atoms with Crippen molar-refractivity contribution in [1.82, 2.24) is 0 Å². The molecule has 0 aromatic rings. The molecule has 0 aliphatic carbocycles. The van der Waals surface area contributed by atoms with Crippen LogP contribution in [0.2, 0.25) is 0 Å². The average Bonchev–Trinajstić information content (AvgIpc) is 1.50. The molecule has 0 spiro atoms. The van der Waals surface area contributed by atoms with E-state index in [2.05, 4.69) is 23.4 Å². The SMILES string of the molecule is NN.NN.[Cd+2].[Cl-].[Cl-]. The standard InChI is InChI=1S/Cd.2ClH.2H4N2/c;;;2*1-2/h;2*1H;2*1-2H2/q+2;;;;/p-2. The van der Waals surface area contributed by atoms with Crippen LogP contribution in [-0.2, 0) is 27.3 Å². The van der Waals surface area contributed by atoms with Gasteiger partial charge < -0.3 is 24.8 Å². The molecule has 7 heteroatoms. The van der Waals surface area contributed by atoms with Gasteiger partial charge in [0.05, 0.1) is 0 Å². The Morgan fingerprint density at radius 3 is 0.571 bits per heavy atom. The van der Waals surface area contributed by atoms with Crippen molar-refractivity contribution in [3.8, 4) is 0 Å². The zero-order valence-corrected chi connectivity index (χ0v) is 9.32. The maximum Gasteiger partial charge on any atom is 2.00 e. The molecule has 0 fully saturated rings. The molecule has 0 unspecified atom stereocenters. The van der Waals surface area contributed by atoms with Crippen LogP contribution in [0.5, 0.6) is 0 Å². The zero-order chi connectivity index (χ0) is 4.00. The van der Waals surface area contributed by atoms with E-state index in [1.807, 2.05) is 0 Å². The van der Waals surface area contributed by atoms with E-state index in [0.29, 0.717) is 0 Å². The maximum absolute atomic E-state index is 4.00. The fourth-order valence-electron chi connectivity index (χ4n) is 0. The minimum atomic E-state index is 0. The van der Waals surface area contributed by atoms with Crippen molar-refractivity contribution in [3.63, 3.8) is 0 Å². The van der Waals surface area contributed by atoms with Gasteiger partial charge in [0.1, 0.15) is 0 Å². The summed E-state index contributed by atoms with van der Waals surface area (Å²) in [4.78, 5) is 0. The molecule has 0 aliphatic rings. The summed E-state index contributed by atoms with van der Waals surface area (Å²) >= 11 is 0. The Morgan fingerprint density at radius 1 is 0.571 bits per heavy atom. The van der Waals surface area contributed by atoms with E-state index in [9.17, 15) is 0 Å². The summed E-state index contributed by atoms with van der Waals surface area (Å²) in [7, 11) is 0. The third kappa shape index (κ3) is 116. The molecule has 0 aromatic heterocycles. The van der Waals surface area contributed by atoms with Crippen molar-refractivity contribution in [3.05, 3.63) is 0 Å². The van der Waals surface area contributed by atoms with Gasteiger partial charge in [0.15, 0.2) is 0 Å². The van der Waals surface area contributed by atoms with Gasteiger partial charge in [-0.25, -0.2) is 0 Å². The van der Waals surface area contributed by atoms with Crippen LogP contribution in [0, 0.1) is 0 Å². The first-order valence-corrected chi connectivity index (χ1v) is 0.667. The molecule has 0 heterocycles. The molecule has 0 radical (unpaired) electrons. The number of hydrazine groups is 2. The smallest absolute Gasteiger partial charge is 1.00 e. The van der Waals surface area contributed by atoms with Crippen molar-refractivity contribution in [2.24, 2.45) is 23.4 Å². The van der Waals surface area contributed by atoms with Crippen LogP contribution in [0.15, 0.2) is 0 Å². The number of hydrogen-bond acceptors (Lipinski definition) is 4. The van der Waals surface area contributed by atoms with Gasteiger partial charge in [0.25, 0.3) is 0 Å². The van der Waals surface area contributed by atoms with Crippen molar-refractivity contribution in [1.29, 1.82) is 0 Å². The van der Waals surface area contributed by atoms with Crippen molar-refractivity contribution < 1.29 is 52.1 Å². The van der Waals surface area contributed by atoms with Gasteiger partial charge in [-0.05, 0) is 0 Å². The molecule has 0 amide bonds. The molecule has 0 atom stereocenters. The van der Waals surface area contributed by atoms with Crippen LogP contribution in [0.1, 0.15) is 0 Å². The fraction of sp³-hybridized carbons (Fsp3) is 0. The van der Waals surface area contributed by atoms with Crippen LogP contribution in [-0.4, -0.2) is 0 Å². The second-order valence-corrected chi connectivity index (χ2v) is 0. The Balaban J connectivity index is -0.00000000267. The number of rotatable bonds is 0. The van der Waals surface area contributed by atoms with E-state index in [0.717, 1.165) is 0 Å². The van der Waals surface area contributed by atoms with E-state index < -0.39 is 0 Å². The van der Waals surface area contributed by atoms with E-state index in [-0.39, 0.29) is 52.1 Å². The molecular weight excluding hydrogens is 239 g/mol. The van der Waals surface area contributed by atoms with Crippen molar-refractivity contribution in [2.45, 2.75) is 0 Å². The minimum absolute atomic E-state index is 0. The van der Waals surface area contributed by atoms with Crippen molar-refractivity contribution >= 4 is 0 Å². The number of halogens is 2. The largest absolute Gasteiger partial charge is 2.00 e. The van der Waals surface area contributed by atoms with Crippen LogP contribution >= 0.6 is 0 Å². The Morgan fingerprint density at radius 2 is 0.571 bits per heavy atom. The van der Waals surface area contributed by atoms with Gasteiger partial charge in [-0.2, -0.15) is 0 Å². The maximum atomic E-state index is 4.00. The Hall–Kier alpha value is 1.34. The summed E-state index contributed by atoms with van der Waals surface area (Å²) in [6.07, 6.45) is 0. The molecule has 7 heavy (non-hydrogen) atoms. The van der Waals surface area contributed by atoms with Gasteiger partial charge in [-0.1, -0.05) is 0 Å². The first kappa shape index (κ1) is 40.3. The molecule has 0 saturated heterocycles. The molecule has 0 rings (SSSR count). The van der Waals surface area contributed by atoms with Gasteiger partial charge >= 0.3 is 27.3 Å². The molecule has 0 bridgehead atoms. The van der Waals surface area contributed by atoms with Crippen molar-refractivity contribution in [2.75, 3.05) is 0 Å². The quantitative estimate of drug-likeness (QED) is 0.194. The van der Waals surface area contributed by atoms with E-state index in [1.165, 1.54) is 0 Å². The first-order valence-electron chi connectivity index (χ1n) is 0.667. The number of hydrogen-bond donors (Lipinski definition) is 4. The van der Waals surface area contributed by atoms with Crippen LogP contribution < -0.4 is 48.2 Å². The topological polar surface area (TPSA) is 104 Å². The molecular formula is H8CdCl2N4. The normalized spacial score (nSPS) is 1.71. The summed E-state index contributed by atoms with van der Waals surface area (Å²) in [6, 6.07) is 0. The fourth-order valence-corrected chi connectivity index (χ4v) is 0. The van der Waals surface area contributed by atoms with E-state index >= 15 is 0 Å². The molecule has 8 N–H and O–H groups in total. The Kier molecular flexibility index (Phi) is 943. The zero-order valence-electron chi connectivity index (χ0n) is 3.77. The second kappa shape index (κ2) is 164. The third-order valence-corrected chi connectivity index (χ3v) is 0. The monoisotopic (exact) mass is 248 g/mol. The summed E-state index contributed by atoms with van der Waals surface area (Å²) in [5.74, 6) is 16.0. The van der Waals surface area contributed by atoms with Crippen LogP contribution in [0.4, 0.5) is 0 Å². The summed E-state index contributed by atoms with van der Waals surface area (Å²) in [5, 5.41) is 0. The predicted octanol–water partition coefficient (Wildman–Crippen LogP) is -8.36. The third-order valence-electron chi connectivity index (χ3n) is 0. The van der Waals surface area contributed by atoms with Crippen LogP contribution in [0.3, 0.4) is 0 Å². The molecule has 0 aliphatic heterocycles. The number of nitrogens with two attached hydrogens (primary N) is 4. The summed E-state index contributed by atoms with van der Waals surface area (Å²) < 4.78 is 0.